The first-order valence-corrected chi connectivity index (χ1v) is 1.00. The number of rotatable bonds is 0. The molecule has 5 heavy (non-hydrogen) atoms. The van der Waals surface area contributed by atoms with Gasteiger partial charge in [-0.2, -0.15) is 0 Å². The van der Waals surface area contributed by atoms with Crippen molar-refractivity contribution in [2.24, 2.45) is 0 Å². The van der Waals surface area contributed by atoms with Gasteiger partial charge in [-0.05, 0) is 0 Å². The van der Waals surface area contributed by atoms with E-state index in [-0.39, 0.29) is 57.7 Å². The molecule has 0 saturated heterocycles. The van der Waals surface area contributed by atoms with Crippen molar-refractivity contribution in [2.45, 2.75) is 21.3 Å². The minimum absolute atomic E-state index is 0. The molecule has 0 unspecified atom stereocenters. The quantitative estimate of drug-likeness (QED) is 0.516. The summed E-state index contributed by atoms with van der Waals surface area (Å²) >= 11 is 0. The Morgan fingerprint density at radius 3 is 1.00 bits per heavy atom. The Bertz CT molecular complexity index is 6.85. The second-order valence-electron chi connectivity index (χ2n) is 0. The van der Waals surface area contributed by atoms with Gasteiger partial charge in [-0.25, -0.2) is 0 Å². The van der Waals surface area contributed by atoms with E-state index in [0.29, 0.717) is 0 Å². The Hall–Kier alpha value is 1.69. The summed E-state index contributed by atoms with van der Waals surface area (Å²) in [6.07, 6.45) is 0. The minimum atomic E-state index is 0. The van der Waals surface area contributed by atoms with Crippen molar-refractivity contribution in [1.29, 1.82) is 0 Å². The van der Waals surface area contributed by atoms with Crippen molar-refractivity contribution >= 4 is 24.4 Å². The second-order valence-corrected chi connectivity index (χ2v) is 0. The van der Waals surface area contributed by atoms with Crippen LogP contribution in [0.5, 0.6) is 0 Å². The molecule has 0 bridgehead atoms. The van der Waals surface area contributed by atoms with Crippen molar-refractivity contribution in [3.63, 3.8) is 0 Å². The molecule has 1 radical (unpaired) electrons. The van der Waals surface area contributed by atoms with Crippen molar-refractivity contribution in [3.05, 3.63) is 0 Å². The van der Waals surface area contributed by atoms with Crippen LogP contribution in [-0.4, -0.2) is 24.4 Å². The smallest absolute Gasteiger partial charge is 0 e. The Morgan fingerprint density at radius 2 is 1.00 bits per heavy atom. The maximum atomic E-state index is 2.00. The largest absolute Gasteiger partial charge is 0 e. The third-order valence-corrected chi connectivity index (χ3v) is 0. The van der Waals surface area contributed by atoms with Crippen LogP contribution in [-0.2, 0) is 25.8 Å². The monoisotopic (exact) mass is 215 g/mol. The van der Waals surface area contributed by atoms with Crippen LogP contribution in [0.1, 0.15) is 21.3 Å². The first-order valence-electron chi connectivity index (χ1n) is 1.00. The van der Waals surface area contributed by atoms with Gasteiger partial charge < -0.3 is 0 Å². The minimum Gasteiger partial charge on any atom is 0 e. The van der Waals surface area contributed by atoms with Gasteiger partial charge in [0.25, 0.3) is 0 Å². The molecule has 0 aliphatic carbocycles. The zero-order valence-electron chi connectivity index (χ0n) is 3.28. The summed E-state index contributed by atoms with van der Waals surface area (Å²) in [7, 11) is 0. The van der Waals surface area contributed by atoms with Gasteiger partial charge in [-0.15, -0.1) is 0 Å². The first kappa shape index (κ1) is 29.9. The fourth-order valence-corrected chi connectivity index (χ4v) is 0. The van der Waals surface area contributed by atoms with E-state index in [0.717, 1.165) is 0 Å². The van der Waals surface area contributed by atoms with Crippen molar-refractivity contribution < 1.29 is 25.8 Å². The molecule has 0 N–H and O–H groups in total. The van der Waals surface area contributed by atoms with E-state index in [1.165, 1.54) is 0 Å². The number of hydrogen-bond donors (Lipinski definition) is 0. The molecule has 0 amide bonds. The van der Waals surface area contributed by atoms with Crippen molar-refractivity contribution in [1.82, 2.24) is 0 Å². The first-order chi connectivity index (χ1) is 1.00. The third kappa shape index (κ3) is 27.1. The van der Waals surface area contributed by atoms with E-state index >= 15 is 0 Å². The molecule has 0 fully saturated rings. The predicted octanol–water partition coefficient (Wildman–Crippen LogP) is 0.476. The average Bonchev–Trinajstić information content (AvgIpc) is 1.00. The molecule has 0 aromatic rings. The van der Waals surface area contributed by atoms with Gasteiger partial charge in [0, 0.05) is 25.8 Å². The Balaban J connectivity index is -0.00000000167. The Morgan fingerprint density at radius 1 is 1.00 bits per heavy atom. The maximum Gasteiger partial charge on any atom is 0 e. The summed E-state index contributed by atoms with van der Waals surface area (Å²) in [5.74, 6) is 0. The Kier molecular flexibility index (Phi) is 263. The maximum absolute atomic E-state index is 2.00. The van der Waals surface area contributed by atoms with E-state index in [9.17, 15) is 0 Å². The molecule has 0 spiro atoms. The Labute approximate surface area is 71.0 Å². The van der Waals surface area contributed by atoms with Crippen LogP contribution in [0.15, 0.2) is 0 Å². The number of hydrogen-bond acceptors (Lipinski definition) is 0. The van der Waals surface area contributed by atoms with Gasteiger partial charge in [0.1, 0.15) is 0 Å². The van der Waals surface area contributed by atoms with Gasteiger partial charge in [-0.1, -0.05) is 21.3 Å². The van der Waals surface area contributed by atoms with E-state index < -0.39 is 0 Å². The fourth-order valence-electron chi connectivity index (χ4n) is 0. The molecule has 0 aliphatic rings. The van der Waals surface area contributed by atoms with Crippen LogP contribution >= 0.6 is 0 Å². The molecule has 0 rings (SSSR count). The summed E-state index contributed by atoms with van der Waals surface area (Å²) in [4.78, 5) is 0. The van der Waals surface area contributed by atoms with Crippen molar-refractivity contribution in [3.8, 4) is 0 Å². The summed E-state index contributed by atoms with van der Waals surface area (Å²) < 4.78 is 0. The molecule has 0 heterocycles. The summed E-state index contributed by atoms with van der Waals surface area (Å²) in [5.41, 5.74) is 0. The topological polar surface area (TPSA) is 0 Å². The van der Waals surface area contributed by atoms with Gasteiger partial charge in [0.15, 0.2) is 0 Å². The fraction of sp³-hybridized carbons (Fsp3) is 1.00. The van der Waals surface area contributed by atoms with E-state index in [1.54, 1.807) is 0 Å². The van der Waals surface area contributed by atoms with Gasteiger partial charge >= 0.3 is 24.4 Å². The van der Waals surface area contributed by atoms with Gasteiger partial charge in [0.05, 0.1) is 0 Å². The summed E-state index contributed by atoms with van der Waals surface area (Å²) in [6, 6.07) is 0. The summed E-state index contributed by atoms with van der Waals surface area (Å²) in [6.45, 7) is 4.00. The molecule has 0 aromatic carbocycles. The predicted molar refractivity (Wildman–Crippen MR) is 28.0 cm³/mol. The van der Waals surface area contributed by atoms with Gasteiger partial charge in [0.2, 0.25) is 0 Å². The standard InChI is InChI=1S/C2H6.CH4.Sb.Sc.3H/c1-2;;;;;;/h1-2H3;1H4;;;;;. The van der Waals surface area contributed by atoms with Crippen LogP contribution < -0.4 is 0 Å². The van der Waals surface area contributed by atoms with E-state index in [1.807, 2.05) is 13.8 Å². The van der Waals surface area contributed by atoms with Crippen LogP contribution in [0, 0.1) is 0 Å². The third-order valence-electron chi connectivity index (χ3n) is 0. The van der Waals surface area contributed by atoms with Crippen LogP contribution in [0.2, 0.25) is 0 Å². The molecule has 2 heteroatoms. The molecule has 33 valence electrons. The average molecular weight is 216 g/mol. The molecule has 0 atom stereocenters. The van der Waals surface area contributed by atoms with E-state index in [4.69, 9.17) is 0 Å². The molecule has 0 nitrogen and oxygen atoms in total. The van der Waals surface area contributed by atoms with Crippen molar-refractivity contribution in [2.75, 3.05) is 0 Å². The second kappa shape index (κ2) is 43.9. The normalized spacial score (nSPS) is 1.20. The molecule has 0 aromatic heterocycles. The van der Waals surface area contributed by atoms with Crippen LogP contribution in [0.4, 0.5) is 0 Å². The molecular weight excluding hydrogens is 203 g/mol. The summed E-state index contributed by atoms with van der Waals surface area (Å²) in [5, 5.41) is 0. The molecule has 0 aliphatic heterocycles. The van der Waals surface area contributed by atoms with Gasteiger partial charge in [-0.3, -0.25) is 0 Å². The van der Waals surface area contributed by atoms with E-state index in [2.05, 4.69) is 0 Å². The molecular formula is C3H13SbSc. The van der Waals surface area contributed by atoms with Crippen LogP contribution in [0.3, 0.4) is 0 Å². The zero-order valence-corrected chi connectivity index (χ0v) is 9.12. The van der Waals surface area contributed by atoms with Crippen LogP contribution in [0.25, 0.3) is 0 Å². The molecule has 0 saturated carbocycles. The zero-order chi connectivity index (χ0) is 2.00. The SMILES string of the molecule is C.CC.[SbH3].[Sc].